The molecule has 130 valence electrons. The summed E-state index contributed by atoms with van der Waals surface area (Å²) < 4.78 is 49.4. The smallest absolute Gasteiger partial charge is 0.437 e. The maximum Gasteiger partial charge on any atom is 0.437 e. The SMILES string of the molecule is CCOC(=O)c1nc(C(F)(F)F)c2onc(-c3ccccc3)c2c1O. The molecule has 0 bridgehead atoms. The Kier molecular flexibility index (Phi) is 4.07. The Morgan fingerprint density at radius 2 is 1.96 bits per heavy atom. The van der Waals surface area contributed by atoms with Crippen LogP contribution in [0, 0.1) is 0 Å². The number of aromatic hydroxyl groups is 1. The van der Waals surface area contributed by atoms with Gasteiger partial charge in [0.1, 0.15) is 5.69 Å². The molecule has 0 spiro atoms. The van der Waals surface area contributed by atoms with Crippen LogP contribution in [-0.4, -0.2) is 27.8 Å². The maximum absolute atomic E-state index is 13.3. The number of benzene rings is 1. The van der Waals surface area contributed by atoms with Crippen molar-refractivity contribution in [1.82, 2.24) is 10.1 Å². The highest BCUT2D eigenvalue weighted by Crippen LogP contribution is 2.42. The van der Waals surface area contributed by atoms with E-state index in [1.807, 2.05) is 0 Å². The molecule has 0 fully saturated rings. The van der Waals surface area contributed by atoms with Crippen LogP contribution < -0.4 is 0 Å². The molecule has 3 rings (SSSR count). The predicted octanol–water partition coefficient (Wildman–Crippen LogP) is 3.79. The van der Waals surface area contributed by atoms with Crippen molar-refractivity contribution in [1.29, 1.82) is 0 Å². The number of hydrogen-bond acceptors (Lipinski definition) is 6. The van der Waals surface area contributed by atoms with E-state index in [-0.39, 0.29) is 17.7 Å². The number of ether oxygens (including phenoxy) is 1. The Labute approximate surface area is 138 Å². The van der Waals surface area contributed by atoms with E-state index < -0.39 is 34.9 Å². The molecule has 1 N–H and O–H groups in total. The van der Waals surface area contributed by atoms with E-state index >= 15 is 0 Å². The van der Waals surface area contributed by atoms with Crippen LogP contribution in [0.15, 0.2) is 34.9 Å². The van der Waals surface area contributed by atoms with Gasteiger partial charge < -0.3 is 14.4 Å². The first kappa shape index (κ1) is 16.7. The number of aromatic nitrogens is 2. The maximum atomic E-state index is 13.3. The normalized spacial score (nSPS) is 11.7. The number of hydrogen-bond donors (Lipinski definition) is 1. The number of carbonyl (C=O) groups excluding carboxylic acids is 1. The molecule has 0 amide bonds. The second-order valence-corrected chi connectivity index (χ2v) is 4.98. The first-order valence-corrected chi connectivity index (χ1v) is 7.16. The Morgan fingerprint density at radius 1 is 1.28 bits per heavy atom. The number of esters is 1. The third-order valence-corrected chi connectivity index (χ3v) is 3.38. The average Bonchev–Trinajstić information content (AvgIpc) is 3.00. The molecule has 0 atom stereocenters. The molecule has 0 aliphatic rings. The lowest BCUT2D eigenvalue weighted by atomic mass is 10.1. The zero-order valence-electron chi connectivity index (χ0n) is 12.8. The summed E-state index contributed by atoms with van der Waals surface area (Å²) in [5, 5.41) is 13.6. The lowest BCUT2D eigenvalue weighted by molar-refractivity contribution is -0.140. The lowest BCUT2D eigenvalue weighted by Crippen LogP contribution is -2.14. The molecule has 9 heteroatoms. The molecule has 0 saturated carbocycles. The highest BCUT2D eigenvalue weighted by Gasteiger charge is 2.40. The predicted molar refractivity (Wildman–Crippen MR) is 79.9 cm³/mol. The topological polar surface area (TPSA) is 85.5 Å². The van der Waals surface area contributed by atoms with Crippen LogP contribution in [0.25, 0.3) is 22.2 Å². The average molecular weight is 352 g/mol. The summed E-state index contributed by atoms with van der Waals surface area (Å²) >= 11 is 0. The summed E-state index contributed by atoms with van der Waals surface area (Å²) in [6.45, 7) is 1.39. The van der Waals surface area contributed by atoms with Crippen LogP contribution >= 0.6 is 0 Å². The molecule has 0 saturated heterocycles. The van der Waals surface area contributed by atoms with Crippen LogP contribution in [0.5, 0.6) is 5.75 Å². The van der Waals surface area contributed by atoms with Crippen molar-refractivity contribution < 1.29 is 32.3 Å². The first-order valence-electron chi connectivity index (χ1n) is 7.16. The number of pyridine rings is 1. The van der Waals surface area contributed by atoms with Gasteiger partial charge in [-0.25, -0.2) is 9.78 Å². The highest BCUT2D eigenvalue weighted by atomic mass is 19.4. The van der Waals surface area contributed by atoms with Gasteiger partial charge in [-0.3, -0.25) is 0 Å². The van der Waals surface area contributed by atoms with E-state index in [4.69, 9.17) is 4.52 Å². The van der Waals surface area contributed by atoms with E-state index in [0.717, 1.165) is 0 Å². The molecule has 0 aliphatic carbocycles. The summed E-state index contributed by atoms with van der Waals surface area (Å²) in [5.74, 6) is -1.95. The van der Waals surface area contributed by atoms with Crippen LogP contribution in [0.1, 0.15) is 23.1 Å². The Balaban J connectivity index is 2.36. The van der Waals surface area contributed by atoms with Gasteiger partial charge in [-0.1, -0.05) is 35.5 Å². The quantitative estimate of drug-likeness (QED) is 0.722. The fourth-order valence-electron chi connectivity index (χ4n) is 2.33. The zero-order valence-corrected chi connectivity index (χ0v) is 12.8. The minimum atomic E-state index is -4.92. The Hall–Kier alpha value is -3.10. The van der Waals surface area contributed by atoms with Crippen molar-refractivity contribution in [2.45, 2.75) is 13.1 Å². The molecular weight excluding hydrogens is 341 g/mol. The lowest BCUT2D eigenvalue weighted by Gasteiger charge is -2.10. The minimum absolute atomic E-state index is 0.0356. The van der Waals surface area contributed by atoms with E-state index in [9.17, 15) is 23.1 Å². The van der Waals surface area contributed by atoms with Crippen LogP contribution in [-0.2, 0) is 10.9 Å². The third kappa shape index (κ3) is 2.88. The number of rotatable bonds is 3. The molecule has 0 aliphatic heterocycles. The van der Waals surface area contributed by atoms with E-state index in [1.54, 1.807) is 30.3 Å². The van der Waals surface area contributed by atoms with Gasteiger partial charge >= 0.3 is 12.1 Å². The molecular formula is C16H11F3N2O4. The summed E-state index contributed by atoms with van der Waals surface area (Å²) in [6, 6.07) is 8.15. The Bertz CT molecular complexity index is 936. The van der Waals surface area contributed by atoms with Crippen molar-refractivity contribution in [2.75, 3.05) is 6.61 Å². The van der Waals surface area contributed by atoms with Gasteiger partial charge in [0.15, 0.2) is 17.1 Å². The van der Waals surface area contributed by atoms with Gasteiger partial charge in [-0.05, 0) is 6.92 Å². The molecule has 6 nitrogen and oxygen atoms in total. The van der Waals surface area contributed by atoms with Crippen molar-refractivity contribution in [2.24, 2.45) is 0 Å². The van der Waals surface area contributed by atoms with Crippen LogP contribution in [0.2, 0.25) is 0 Å². The van der Waals surface area contributed by atoms with E-state index in [2.05, 4.69) is 14.9 Å². The number of nitrogens with zero attached hydrogens (tertiary/aromatic N) is 2. The molecule has 1 aromatic carbocycles. The fraction of sp³-hybridized carbons (Fsp3) is 0.188. The molecule has 3 aromatic rings. The van der Waals surface area contributed by atoms with Crippen molar-refractivity contribution in [3.63, 3.8) is 0 Å². The Morgan fingerprint density at radius 3 is 2.56 bits per heavy atom. The molecule has 0 unspecified atom stereocenters. The van der Waals surface area contributed by atoms with Crippen LogP contribution in [0.4, 0.5) is 13.2 Å². The van der Waals surface area contributed by atoms with Gasteiger partial charge in [-0.2, -0.15) is 13.2 Å². The fourth-order valence-corrected chi connectivity index (χ4v) is 2.33. The van der Waals surface area contributed by atoms with E-state index in [0.29, 0.717) is 5.56 Å². The van der Waals surface area contributed by atoms with Gasteiger partial charge in [0, 0.05) is 5.56 Å². The second kappa shape index (κ2) is 6.08. The second-order valence-electron chi connectivity index (χ2n) is 4.98. The first-order chi connectivity index (χ1) is 11.8. The number of carbonyl (C=O) groups is 1. The summed E-state index contributed by atoms with van der Waals surface area (Å²) in [6.07, 6.45) is -4.92. The molecule has 2 aromatic heterocycles. The number of fused-ring (bicyclic) bond motifs is 1. The van der Waals surface area contributed by atoms with Gasteiger partial charge in [0.25, 0.3) is 0 Å². The van der Waals surface area contributed by atoms with Gasteiger partial charge in [-0.15, -0.1) is 0 Å². The van der Waals surface area contributed by atoms with Crippen LogP contribution in [0.3, 0.4) is 0 Å². The summed E-state index contributed by atoms with van der Waals surface area (Å²) in [7, 11) is 0. The number of alkyl halides is 3. The van der Waals surface area contributed by atoms with E-state index in [1.165, 1.54) is 6.92 Å². The van der Waals surface area contributed by atoms with Gasteiger partial charge in [0.2, 0.25) is 5.58 Å². The zero-order chi connectivity index (χ0) is 18.2. The van der Waals surface area contributed by atoms with Crippen molar-refractivity contribution in [3.05, 3.63) is 41.7 Å². The minimum Gasteiger partial charge on any atom is -0.505 e. The summed E-state index contributed by atoms with van der Waals surface area (Å²) in [4.78, 5) is 15.1. The largest absolute Gasteiger partial charge is 0.505 e. The van der Waals surface area contributed by atoms with Crippen molar-refractivity contribution in [3.8, 4) is 17.0 Å². The van der Waals surface area contributed by atoms with Crippen molar-refractivity contribution >= 4 is 16.9 Å². The molecule has 0 radical (unpaired) electrons. The van der Waals surface area contributed by atoms with Gasteiger partial charge in [0.05, 0.1) is 12.0 Å². The molecule has 25 heavy (non-hydrogen) atoms. The summed E-state index contributed by atoms with van der Waals surface area (Å²) in [5.41, 5.74) is -2.69. The monoisotopic (exact) mass is 352 g/mol. The number of halogens is 3. The highest BCUT2D eigenvalue weighted by molar-refractivity contribution is 6.04. The standard InChI is InChI=1S/C16H11F3N2O4/c1-2-24-15(23)11-12(22)9-10(8-6-4-3-5-7-8)21-25-13(9)14(20-11)16(17,18)19/h3-7,22H,2H2,1H3. The molecule has 2 heterocycles. The third-order valence-electron chi connectivity index (χ3n) is 3.38.